The molecule has 0 spiro atoms. The van der Waals surface area contributed by atoms with E-state index in [2.05, 4.69) is 22.6 Å². The Hall–Kier alpha value is -1.62. The number of ether oxygens (including phenoxy) is 2. The molecule has 17 heavy (non-hydrogen) atoms. The summed E-state index contributed by atoms with van der Waals surface area (Å²) >= 11 is 0. The van der Waals surface area contributed by atoms with Gasteiger partial charge in [-0.25, -0.2) is 9.59 Å². The van der Waals surface area contributed by atoms with Gasteiger partial charge in [-0.2, -0.15) is 0 Å². The number of esters is 2. The number of hydrogen-bond acceptors (Lipinski definition) is 5. The Labute approximate surface area is 102 Å². The molecule has 0 atom stereocenters. The Balaban J connectivity index is 0. The van der Waals surface area contributed by atoms with E-state index < -0.39 is 5.97 Å². The van der Waals surface area contributed by atoms with Gasteiger partial charge >= 0.3 is 11.9 Å². The van der Waals surface area contributed by atoms with Crippen molar-refractivity contribution in [3.63, 3.8) is 0 Å². The summed E-state index contributed by atoms with van der Waals surface area (Å²) in [6.45, 7) is 6.86. The topological polar surface area (TPSA) is 72.8 Å². The van der Waals surface area contributed by atoms with Crippen LogP contribution in [0.25, 0.3) is 0 Å². The zero-order valence-corrected chi connectivity index (χ0v) is 10.4. The molecule has 5 nitrogen and oxygen atoms in total. The van der Waals surface area contributed by atoms with Crippen LogP contribution in [0.15, 0.2) is 24.8 Å². The highest BCUT2D eigenvalue weighted by Gasteiger charge is 2.04. The Kier molecular flexibility index (Phi) is 13.0. The van der Waals surface area contributed by atoms with E-state index in [9.17, 15) is 9.59 Å². The van der Waals surface area contributed by atoms with E-state index in [1.54, 1.807) is 0 Å². The summed E-state index contributed by atoms with van der Waals surface area (Å²) in [7, 11) is 2.64. The van der Waals surface area contributed by atoms with Crippen molar-refractivity contribution < 1.29 is 24.2 Å². The maximum absolute atomic E-state index is 10.7. The number of unbranched alkanes of at least 4 members (excludes halogenated alkanes) is 1. The van der Waals surface area contributed by atoms with Crippen LogP contribution in [0.5, 0.6) is 0 Å². The first-order chi connectivity index (χ1) is 8.03. The van der Waals surface area contributed by atoms with Crippen LogP contribution in [0, 0.1) is 0 Å². The predicted molar refractivity (Wildman–Crippen MR) is 64.3 cm³/mol. The quantitative estimate of drug-likeness (QED) is 0.432. The van der Waals surface area contributed by atoms with Gasteiger partial charge in [0.05, 0.1) is 14.2 Å². The van der Waals surface area contributed by atoms with E-state index in [1.807, 2.05) is 0 Å². The van der Waals surface area contributed by atoms with Gasteiger partial charge in [0, 0.05) is 18.3 Å². The van der Waals surface area contributed by atoms with Gasteiger partial charge in [0.2, 0.25) is 0 Å². The van der Waals surface area contributed by atoms with Crippen molar-refractivity contribution >= 4 is 11.9 Å². The SMILES string of the molecule is C=C(CCCCO)C(=O)OC.C=CC(=O)OC. The van der Waals surface area contributed by atoms with Crippen molar-refractivity contribution in [3.8, 4) is 0 Å². The predicted octanol–water partition coefficient (Wildman–Crippen LogP) is 1.22. The van der Waals surface area contributed by atoms with E-state index in [-0.39, 0.29) is 12.6 Å². The summed E-state index contributed by atoms with van der Waals surface area (Å²) in [4.78, 5) is 20.6. The van der Waals surface area contributed by atoms with Crippen molar-refractivity contribution in [1.29, 1.82) is 0 Å². The molecule has 0 saturated carbocycles. The summed E-state index contributed by atoms with van der Waals surface area (Å²) in [5.41, 5.74) is 0.473. The smallest absolute Gasteiger partial charge is 0.333 e. The molecule has 0 rings (SSSR count). The molecule has 0 aliphatic carbocycles. The third-order valence-electron chi connectivity index (χ3n) is 1.73. The Morgan fingerprint density at radius 1 is 1.24 bits per heavy atom. The third-order valence-corrected chi connectivity index (χ3v) is 1.73. The van der Waals surface area contributed by atoms with Gasteiger partial charge < -0.3 is 14.6 Å². The number of carbonyl (C=O) groups is 2. The summed E-state index contributed by atoms with van der Waals surface area (Å²) in [6, 6.07) is 0. The summed E-state index contributed by atoms with van der Waals surface area (Å²) in [5.74, 6) is -0.752. The maximum atomic E-state index is 10.7. The lowest BCUT2D eigenvalue weighted by atomic mass is 10.1. The molecule has 0 fully saturated rings. The average Bonchev–Trinajstić information content (AvgIpc) is 2.37. The number of aliphatic hydroxyl groups excluding tert-OH is 1. The molecule has 0 heterocycles. The third kappa shape index (κ3) is 12.3. The molecule has 98 valence electrons. The summed E-state index contributed by atoms with van der Waals surface area (Å²) < 4.78 is 8.58. The molecule has 0 unspecified atom stereocenters. The zero-order valence-electron chi connectivity index (χ0n) is 10.4. The molecular weight excluding hydrogens is 224 g/mol. The van der Waals surface area contributed by atoms with E-state index in [4.69, 9.17) is 5.11 Å². The largest absolute Gasteiger partial charge is 0.466 e. The first-order valence-corrected chi connectivity index (χ1v) is 5.10. The highest BCUT2D eigenvalue weighted by atomic mass is 16.5. The molecule has 0 aromatic rings. The highest BCUT2D eigenvalue weighted by Crippen LogP contribution is 2.05. The molecule has 1 N–H and O–H groups in total. The average molecular weight is 244 g/mol. The fourth-order valence-corrected chi connectivity index (χ4v) is 0.780. The van der Waals surface area contributed by atoms with Gasteiger partial charge in [-0.05, 0) is 19.3 Å². The number of carbonyl (C=O) groups excluding carboxylic acids is 2. The molecule has 0 aromatic heterocycles. The lowest BCUT2D eigenvalue weighted by Crippen LogP contribution is -2.03. The zero-order chi connectivity index (χ0) is 13.7. The first-order valence-electron chi connectivity index (χ1n) is 5.10. The van der Waals surface area contributed by atoms with E-state index in [1.165, 1.54) is 14.2 Å². The molecule has 0 amide bonds. The lowest BCUT2D eigenvalue weighted by molar-refractivity contribution is -0.136. The number of aliphatic hydroxyl groups is 1. The van der Waals surface area contributed by atoms with Crippen LogP contribution < -0.4 is 0 Å². The molecular formula is C12H20O5. The lowest BCUT2D eigenvalue weighted by Gasteiger charge is -2.01. The fourth-order valence-electron chi connectivity index (χ4n) is 0.780. The minimum Gasteiger partial charge on any atom is -0.466 e. The van der Waals surface area contributed by atoms with Crippen molar-refractivity contribution in [2.75, 3.05) is 20.8 Å². The normalized spacial score (nSPS) is 8.41. The van der Waals surface area contributed by atoms with Crippen LogP contribution in [0.3, 0.4) is 0 Å². The standard InChI is InChI=1S/C8H14O3.C4H6O2/c1-7(8(10)11-2)5-3-4-6-9;1-3-4(5)6-2/h9H,1,3-6H2,2H3;3H,1H2,2H3. The van der Waals surface area contributed by atoms with Gasteiger partial charge in [0.15, 0.2) is 0 Å². The van der Waals surface area contributed by atoms with Crippen LogP contribution >= 0.6 is 0 Å². The second kappa shape index (κ2) is 12.4. The summed E-state index contributed by atoms with van der Waals surface area (Å²) in [5, 5.41) is 8.43. The molecule has 0 bridgehead atoms. The second-order valence-electron chi connectivity index (χ2n) is 3.00. The molecule has 5 heteroatoms. The van der Waals surface area contributed by atoms with Gasteiger partial charge in [-0.3, -0.25) is 0 Å². The molecule has 0 radical (unpaired) electrons. The van der Waals surface area contributed by atoms with Crippen molar-refractivity contribution in [1.82, 2.24) is 0 Å². The van der Waals surface area contributed by atoms with E-state index >= 15 is 0 Å². The molecule has 0 aromatic carbocycles. The minimum absolute atomic E-state index is 0.161. The Morgan fingerprint density at radius 3 is 2.12 bits per heavy atom. The van der Waals surface area contributed by atoms with Crippen LogP contribution in [-0.2, 0) is 19.1 Å². The van der Waals surface area contributed by atoms with Crippen LogP contribution in [0.1, 0.15) is 19.3 Å². The molecule has 0 aliphatic heterocycles. The number of methoxy groups -OCH3 is 2. The van der Waals surface area contributed by atoms with Crippen LogP contribution in [0.4, 0.5) is 0 Å². The Morgan fingerprint density at radius 2 is 1.82 bits per heavy atom. The second-order valence-corrected chi connectivity index (χ2v) is 3.00. The van der Waals surface area contributed by atoms with Crippen molar-refractivity contribution in [3.05, 3.63) is 24.8 Å². The van der Waals surface area contributed by atoms with Crippen LogP contribution in [-0.4, -0.2) is 37.9 Å². The fraction of sp³-hybridized carbons (Fsp3) is 0.500. The van der Waals surface area contributed by atoms with E-state index in [0.29, 0.717) is 18.4 Å². The maximum Gasteiger partial charge on any atom is 0.333 e. The van der Waals surface area contributed by atoms with Crippen molar-refractivity contribution in [2.45, 2.75) is 19.3 Å². The number of hydrogen-bond donors (Lipinski definition) is 1. The van der Waals surface area contributed by atoms with Gasteiger partial charge in [0.1, 0.15) is 0 Å². The van der Waals surface area contributed by atoms with E-state index in [0.717, 1.165) is 12.5 Å². The number of rotatable bonds is 6. The van der Waals surface area contributed by atoms with Gasteiger partial charge in [0.25, 0.3) is 0 Å². The van der Waals surface area contributed by atoms with Gasteiger partial charge in [-0.15, -0.1) is 0 Å². The molecule has 0 aliphatic rings. The monoisotopic (exact) mass is 244 g/mol. The van der Waals surface area contributed by atoms with Crippen LogP contribution in [0.2, 0.25) is 0 Å². The summed E-state index contributed by atoms with van der Waals surface area (Å²) in [6.07, 6.45) is 3.20. The Bertz CT molecular complexity index is 258. The minimum atomic E-state index is -0.394. The molecule has 0 saturated heterocycles. The highest BCUT2D eigenvalue weighted by molar-refractivity contribution is 5.87. The first kappa shape index (κ1) is 17.8. The van der Waals surface area contributed by atoms with Gasteiger partial charge in [-0.1, -0.05) is 13.2 Å². The van der Waals surface area contributed by atoms with Crippen molar-refractivity contribution in [2.24, 2.45) is 0 Å².